The third-order valence-corrected chi connectivity index (χ3v) is 3.64. The van der Waals surface area contributed by atoms with Crippen LogP contribution in [-0.4, -0.2) is 22.6 Å². The first kappa shape index (κ1) is 11.0. The molecular weight excluding hydrogens is 206 g/mol. The number of ether oxygens (including phenoxy) is 1. The molecule has 0 aromatic carbocycles. The molecule has 2 rings (SSSR count). The van der Waals surface area contributed by atoms with E-state index in [1.165, 1.54) is 13.5 Å². The molecule has 5 nitrogen and oxygen atoms in total. The van der Waals surface area contributed by atoms with Gasteiger partial charge in [-0.3, -0.25) is 0 Å². The molecule has 1 fully saturated rings. The van der Waals surface area contributed by atoms with Crippen molar-refractivity contribution in [2.45, 2.75) is 38.1 Å². The van der Waals surface area contributed by atoms with E-state index in [-0.39, 0.29) is 11.2 Å². The van der Waals surface area contributed by atoms with Crippen molar-refractivity contribution in [3.8, 4) is 0 Å². The van der Waals surface area contributed by atoms with E-state index in [9.17, 15) is 4.79 Å². The van der Waals surface area contributed by atoms with Gasteiger partial charge in [0.05, 0.1) is 13.4 Å². The number of hydrogen-bond donors (Lipinski definition) is 1. The number of rotatable bonds is 3. The molecule has 0 radical (unpaired) electrons. The minimum atomic E-state index is -0.471. The lowest BCUT2D eigenvalue weighted by molar-refractivity contribution is 0.0595. The Bertz CT molecular complexity index is 402. The Balaban J connectivity index is 2.36. The third kappa shape index (κ3) is 1.38. The lowest BCUT2D eigenvalue weighted by atomic mass is 9.74. The molecule has 0 spiro atoms. The van der Waals surface area contributed by atoms with Crippen LogP contribution >= 0.6 is 0 Å². The summed E-state index contributed by atoms with van der Waals surface area (Å²) in [5.74, 6) is -0.0461. The van der Waals surface area contributed by atoms with Crippen LogP contribution in [0.4, 0.5) is 5.82 Å². The number of anilines is 1. The quantitative estimate of drug-likeness (QED) is 0.789. The van der Waals surface area contributed by atoms with Gasteiger partial charge in [0.2, 0.25) is 0 Å². The second kappa shape index (κ2) is 3.81. The fraction of sp³-hybridized carbons (Fsp3) is 0.636. The van der Waals surface area contributed by atoms with Crippen molar-refractivity contribution in [3.05, 3.63) is 12.0 Å². The summed E-state index contributed by atoms with van der Waals surface area (Å²) in [4.78, 5) is 15.4. The van der Waals surface area contributed by atoms with E-state index in [0.717, 1.165) is 19.3 Å². The predicted molar refractivity (Wildman–Crippen MR) is 60.1 cm³/mol. The van der Waals surface area contributed by atoms with Gasteiger partial charge < -0.3 is 15.0 Å². The van der Waals surface area contributed by atoms with E-state index in [1.807, 2.05) is 4.57 Å². The van der Waals surface area contributed by atoms with Gasteiger partial charge in [-0.2, -0.15) is 0 Å². The fourth-order valence-corrected chi connectivity index (χ4v) is 2.34. The van der Waals surface area contributed by atoms with E-state index in [0.29, 0.717) is 5.82 Å². The lowest BCUT2D eigenvalue weighted by Gasteiger charge is -2.43. The molecule has 16 heavy (non-hydrogen) atoms. The van der Waals surface area contributed by atoms with Crippen molar-refractivity contribution in [1.82, 2.24) is 9.55 Å². The number of esters is 1. The van der Waals surface area contributed by atoms with Crippen LogP contribution in [0.25, 0.3) is 0 Å². The molecule has 1 aromatic heterocycles. The summed E-state index contributed by atoms with van der Waals surface area (Å²) in [5, 5.41) is 0. The van der Waals surface area contributed by atoms with Gasteiger partial charge in [0.1, 0.15) is 5.82 Å². The van der Waals surface area contributed by atoms with Crippen molar-refractivity contribution >= 4 is 11.8 Å². The Morgan fingerprint density at radius 3 is 2.81 bits per heavy atom. The van der Waals surface area contributed by atoms with Crippen LogP contribution in [0.2, 0.25) is 0 Å². The highest BCUT2D eigenvalue weighted by Gasteiger charge is 2.39. The number of nitrogens with zero attached hydrogens (tertiary/aromatic N) is 2. The molecule has 1 heterocycles. The van der Waals surface area contributed by atoms with Gasteiger partial charge in [-0.1, -0.05) is 6.92 Å². The molecule has 0 bridgehead atoms. The summed E-state index contributed by atoms with van der Waals surface area (Å²) in [6, 6.07) is 0. The van der Waals surface area contributed by atoms with Crippen molar-refractivity contribution in [2.24, 2.45) is 0 Å². The SMILES string of the molecule is CCC1(n2cnc(C(=O)OC)c2N)CCC1. The van der Waals surface area contributed by atoms with E-state index in [2.05, 4.69) is 16.6 Å². The second-order valence-electron chi connectivity index (χ2n) is 4.27. The summed E-state index contributed by atoms with van der Waals surface area (Å²) in [6.45, 7) is 2.14. The van der Waals surface area contributed by atoms with Gasteiger partial charge in [0, 0.05) is 5.54 Å². The smallest absolute Gasteiger partial charge is 0.360 e. The van der Waals surface area contributed by atoms with Crippen LogP contribution in [-0.2, 0) is 10.3 Å². The zero-order chi connectivity index (χ0) is 11.8. The highest BCUT2D eigenvalue weighted by molar-refractivity contribution is 5.92. The zero-order valence-corrected chi connectivity index (χ0v) is 9.69. The Morgan fingerprint density at radius 2 is 2.38 bits per heavy atom. The van der Waals surface area contributed by atoms with Crippen LogP contribution in [0.15, 0.2) is 6.33 Å². The van der Waals surface area contributed by atoms with Gasteiger partial charge in [0.25, 0.3) is 0 Å². The van der Waals surface area contributed by atoms with E-state index >= 15 is 0 Å². The van der Waals surface area contributed by atoms with Crippen LogP contribution in [0, 0.1) is 0 Å². The highest BCUT2D eigenvalue weighted by Crippen LogP contribution is 2.43. The van der Waals surface area contributed by atoms with Crippen molar-refractivity contribution in [3.63, 3.8) is 0 Å². The highest BCUT2D eigenvalue weighted by atomic mass is 16.5. The standard InChI is InChI=1S/C11H17N3O2/c1-3-11(5-4-6-11)14-7-13-8(9(14)12)10(15)16-2/h7H,3-6,12H2,1-2H3. The summed E-state index contributed by atoms with van der Waals surface area (Å²) < 4.78 is 6.57. The monoisotopic (exact) mass is 223 g/mol. The number of imidazole rings is 1. The molecule has 0 unspecified atom stereocenters. The third-order valence-electron chi connectivity index (χ3n) is 3.64. The lowest BCUT2D eigenvalue weighted by Crippen LogP contribution is -2.40. The summed E-state index contributed by atoms with van der Waals surface area (Å²) in [7, 11) is 1.33. The number of aromatic nitrogens is 2. The average molecular weight is 223 g/mol. The molecule has 0 saturated heterocycles. The molecule has 2 N–H and O–H groups in total. The molecule has 1 aliphatic carbocycles. The van der Waals surface area contributed by atoms with Gasteiger partial charge in [-0.15, -0.1) is 0 Å². The molecule has 0 aliphatic heterocycles. The van der Waals surface area contributed by atoms with Crippen LogP contribution in [0.5, 0.6) is 0 Å². The molecule has 1 saturated carbocycles. The Morgan fingerprint density at radius 1 is 1.69 bits per heavy atom. The maximum absolute atomic E-state index is 11.4. The minimum Gasteiger partial charge on any atom is -0.464 e. The summed E-state index contributed by atoms with van der Waals surface area (Å²) in [5.41, 5.74) is 6.25. The number of carbonyl (C=O) groups is 1. The Hall–Kier alpha value is -1.52. The molecule has 0 atom stereocenters. The maximum Gasteiger partial charge on any atom is 0.360 e. The minimum absolute atomic E-state index is 0.0728. The van der Waals surface area contributed by atoms with Gasteiger partial charge >= 0.3 is 5.97 Å². The zero-order valence-electron chi connectivity index (χ0n) is 9.69. The second-order valence-corrected chi connectivity index (χ2v) is 4.27. The summed E-state index contributed by atoms with van der Waals surface area (Å²) in [6.07, 6.45) is 6.08. The molecule has 5 heteroatoms. The number of nitrogens with two attached hydrogens (primary N) is 1. The van der Waals surface area contributed by atoms with Crippen LogP contribution in [0.3, 0.4) is 0 Å². The first-order chi connectivity index (χ1) is 7.64. The van der Waals surface area contributed by atoms with Gasteiger partial charge in [0.15, 0.2) is 5.69 Å². The van der Waals surface area contributed by atoms with Crippen molar-refractivity contribution in [1.29, 1.82) is 0 Å². The van der Waals surface area contributed by atoms with Crippen LogP contribution < -0.4 is 5.73 Å². The largest absolute Gasteiger partial charge is 0.464 e. The Labute approximate surface area is 94.6 Å². The molecule has 88 valence electrons. The number of hydrogen-bond acceptors (Lipinski definition) is 4. The molecule has 0 amide bonds. The van der Waals surface area contributed by atoms with Crippen molar-refractivity contribution in [2.75, 3.05) is 12.8 Å². The number of carbonyl (C=O) groups excluding carboxylic acids is 1. The van der Waals surface area contributed by atoms with Crippen molar-refractivity contribution < 1.29 is 9.53 Å². The molecule has 1 aromatic rings. The number of nitrogen functional groups attached to an aromatic ring is 1. The summed E-state index contributed by atoms with van der Waals surface area (Å²) >= 11 is 0. The first-order valence-electron chi connectivity index (χ1n) is 5.56. The fourth-order valence-electron chi connectivity index (χ4n) is 2.34. The number of methoxy groups -OCH3 is 1. The van der Waals surface area contributed by atoms with Gasteiger partial charge in [-0.25, -0.2) is 9.78 Å². The average Bonchev–Trinajstić information content (AvgIpc) is 2.60. The molecule has 1 aliphatic rings. The van der Waals surface area contributed by atoms with E-state index in [4.69, 9.17) is 5.73 Å². The molecular formula is C11H17N3O2. The first-order valence-corrected chi connectivity index (χ1v) is 5.56. The van der Waals surface area contributed by atoms with Crippen LogP contribution in [0.1, 0.15) is 43.1 Å². The van der Waals surface area contributed by atoms with Gasteiger partial charge in [-0.05, 0) is 25.7 Å². The normalized spacial score (nSPS) is 17.9. The van der Waals surface area contributed by atoms with E-state index < -0.39 is 5.97 Å². The maximum atomic E-state index is 11.4. The van der Waals surface area contributed by atoms with E-state index in [1.54, 1.807) is 6.33 Å². The topological polar surface area (TPSA) is 70.1 Å². The predicted octanol–water partition coefficient (Wildman–Crippen LogP) is 1.54. The Kier molecular flexibility index (Phi) is 2.61.